The van der Waals surface area contributed by atoms with Gasteiger partial charge in [0.05, 0.1) is 9.26 Å². The monoisotopic (exact) mass is 403 g/mol. The minimum absolute atomic E-state index is 0.297. The van der Waals surface area contributed by atoms with Crippen molar-refractivity contribution in [3.63, 3.8) is 0 Å². The molecule has 1 heterocycles. The van der Waals surface area contributed by atoms with E-state index in [9.17, 15) is 0 Å². The molecular weight excluding hydrogens is 377 g/mol. The van der Waals surface area contributed by atoms with Crippen molar-refractivity contribution in [1.29, 1.82) is 0 Å². The summed E-state index contributed by atoms with van der Waals surface area (Å²) in [5.74, 6) is 1.83. The van der Waals surface area contributed by atoms with Crippen LogP contribution in [-0.2, 0) is 16.8 Å². The Bertz CT molecular complexity index is 471. The Morgan fingerprint density at radius 2 is 1.81 bits per heavy atom. The number of nitrogens with one attached hydrogen (secondary N) is 1. The number of rotatable bonds is 5. The summed E-state index contributed by atoms with van der Waals surface area (Å²) in [7, 11) is 1.81. The van der Waals surface area contributed by atoms with Gasteiger partial charge in [-0.3, -0.25) is 0 Å². The molecule has 0 saturated heterocycles. The quantitative estimate of drug-likeness (QED) is 0.589. The lowest BCUT2D eigenvalue weighted by Gasteiger charge is -2.30. The van der Waals surface area contributed by atoms with E-state index < -0.39 is 0 Å². The molecule has 21 heavy (non-hydrogen) atoms. The predicted molar refractivity (Wildman–Crippen MR) is 94.7 cm³/mol. The lowest BCUT2D eigenvalue weighted by Crippen LogP contribution is -2.31. The zero-order valence-corrected chi connectivity index (χ0v) is 15.5. The molecule has 4 nitrogen and oxygen atoms in total. The summed E-state index contributed by atoms with van der Waals surface area (Å²) >= 11 is 2.35. The van der Waals surface area contributed by atoms with E-state index in [0.717, 1.165) is 46.7 Å². The van der Waals surface area contributed by atoms with E-state index in [0.29, 0.717) is 0 Å². The number of halogens is 1. The second-order valence-corrected chi connectivity index (χ2v) is 6.73. The molecule has 0 amide bonds. The number of ether oxygens (including phenoxy) is 1. The fraction of sp³-hybridized carbons (Fsp3) is 0.750. The number of aryl methyl sites for hydroxylation is 1. The minimum atomic E-state index is -0.297. The summed E-state index contributed by atoms with van der Waals surface area (Å²) in [5, 5.41) is 3.37. The Hall–Kier alpha value is -0.430. The van der Waals surface area contributed by atoms with Crippen LogP contribution in [0.5, 0.6) is 0 Å². The fourth-order valence-corrected chi connectivity index (χ4v) is 3.85. The summed E-state index contributed by atoms with van der Waals surface area (Å²) in [4.78, 5) is 9.68. The van der Waals surface area contributed by atoms with E-state index in [1.54, 1.807) is 0 Å². The van der Waals surface area contributed by atoms with Crippen molar-refractivity contribution in [2.75, 3.05) is 19.0 Å². The molecule has 118 valence electrons. The van der Waals surface area contributed by atoms with Crippen LogP contribution in [-0.4, -0.2) is 23.6 Å². The van der Waals surface area contributed by atoms with E-state index in [1.165, 1.54) is 25.7 Å². The average Bonchev–Trinajstić information content (AvgIpc) is 2.76. The van der Waals surface area contributed by atoms with Gasteiger partial charge in [0, 0.05) is 13.7 Å². The molecule has 1 N–H and O–H groups in total. The highest BCUT2D eigenvalue weighted by molar-refractivity contribution is 14.1. The van der Waals surface area contributed by atoms with Gasteiger partial charge in [-0.15, -0.1) is 0 Å². The topological polar surface area (TPSA) is 47.0 Å². The first-order chi connectivity index (χ1) is 10.2. The molecule has 0 atom stereocenters. The number of hydrogen-bond donors (Lipinski definition) is 1. The van der Waals surface area contributed by atoms with Crippen LogP contribution in [0.15, 0.2) is 0 Å². The molecule has 1 aliphatic carbocycles. The van der Waals surface area contributed by atoms with Gasteiger partial charge < -0.3 is 10.1 Å². The zero-order chi connectivity index (χ0) is 15.3. The molecule has 0 radical (unpaired) electrons. The summed E-state index contributed by atoms with van der Waals surface area (Å²) in [6.45, 7) is 5.12. The van der Waals surface area contributed by atoms with Gasteiger partial charge in [0.1, 0.15) is 11.4 Å². The fourth-order valence-electron chi connectivity index (χ4n) is 3.03. The molecule has 1 aromatic rings. The number of hydrogen-bond acceptors (Lipinski definition) is 4. The molecule has 0 spiro atoms. The van der Waals surface area contributed by atoms with Gasteiger partial charge in [-0.1, -0.05) is 32.6 Å². The van der Waals surface area contributed by atoms with E-state index in [4.69, 9.17) is 14.7 Å². The van der Waals surface area contributed by atoms with Crippen molar-refractivity contribution >= 4 is 28.4 Å². The average molecular weight is 403 g/mol. The standard InChI is InChI=1S/C16H26IN3O/c1-4-12-13(17)14(18-5-2)20-15(19-12)16(21-3)10-8-6-7-9-11-16/h4-11H2,1-3H3,(H,18,19,20). The van der Waals surface area contributed by atoms with Crippen molar-refractivity contribution in [2.45, 2.75) is 64.4 Å². The van der Waals surface area contributed by atoms with Crippen molar-refractivity contribution < 1.29 is 4.74 Å². The third kappa shape index (κ3) is 3.67. The van der Waals surface area contributed by atoms with Gasteiger partial charge in [0.25, 0.3) is 0 Å². The maximum absolute atomic E-state index is 5.96. The Morgan fingerprint density at radius 1 is 1.14 bits per heavy atom. The molecule has 0 aliphatic heterocycles. The molecule has 1 aliphatic rings. The second kappa shape index (κ2) is 7.72. The third-order valence-corrected chi connectivity index (χ3v) is 5.44. The molecule has 1 aromatic heterocycles. The van der Waals surface area contributed by atoms with Crippen molar-refractivity contribution in [3.8, 4) is 0 Å². The second-order valence-electron chi connectivity index (χ2n) is 5.65. The van der Waals surface area contributed by atoms with Crippen LogP contribution in [0.1, 0.15) is 63.9 Å². The maximum atomic E-state index is 5.96. The van der Waals surface area contributed by atoms with E-state index in [-0.39, 0.29) is 5.60 Å². The summed E-state index contributed by atoms with van der Waals surface area (Å²) < 4.78 is 7.10. The highest BCUT2D eigenvalue weighted by Crippen LogP contribution is 2.38. The Kier molecular flexibility index (Phi) is 6.22. The predicted octanol–water partition coefficient (Wildman–Crippen LogP) is 4.27. The van der Waals surface area contributed by atoms with Crippen LogP contribution in [0.2, 0.25) is 0 Å². The first-order valence-electron chi connectivity index (χ1n) is 8.02. The number of aromatic nitrogens is 2. The highest BCUT2D eigenvalue weighted by atomic mass is 127. The smallest absolute Gasteiger partial charge is 0.162 e. The molecule has 0 unspecified atom stereocenters. The maximum Gasteiger partial charge on any atom is 0.162 e. The molecule has 5 heteroatoms. The molecular formula is C16H26IN3O. The van der Waals surface area contributed by atoms with Crippen molar-refractivity contribution in [3.05, 3.63) is 15.1 Å². The summed E-state index contributed by atoms with van der Waals surface area (Å²) in [6, 6.07) is 0. The van der Waals surface area contributed by atoms with Gasteiger partial charge >= 0.3 is 0 Å². The van der Waals surface area contributed by atoms with Crippen LogP contribution in [0.25, 0.3) is 0 Å². The Balaban J connectivity index is 2.46. The minimum Gasteiger partial charge on any atom is -0.370 e. The van der Waals surface area contributed by atoms with Gasteiger partial charge in [-0.05, 0) is 48.8 Å². The molecule has 1 saturated carbocycles. The Morgan fingerprint density at radius 3 is 2.33 bits per heavy atom. The van der Waals surface area contributed by atoms with Crippen LogP contribution in [0, 0.1) is 3.57 Å². The molecule has 1 fully saturated rings. The molecule has 0 bridgehead atoms. The van der Waals surface area contributed by atoms with E-state index in [1.807, 2.05) is 7.11 Å². The lowest BCUT2D eigenvalue weighted by molar-refractivity contribution is -0.0352. The van der Waals surface area contributed by atoms with Gasteiger partial charge in [-0.2, -0.15) is 0 Å². The van der Waals surface area contributed by atoms with Crippen LogP contribution in [0.4, 0.5) is 5.82 Å². The summed E-state index contributed by atoms with van der Waals surface area (Å²) in [5.41, 5.74) is 0.826. The van der Waals surface area contributed by atoms with Gasteiger partial charge in [-0.25, -0.2) is 9.97 Å². The highest BCUT2D eigenvalue weighted by Gasteiger charge is 2.36. The first kappa shape index (κ1) is 16.9. The van der Waals surface area contributed by atoms with Crippen LogP contribution >= 0.6 is 22.6 Å². The zero-order valence-electron chi connectivity index (χ0n) is 13.3. The first-order valence-corrected chi connectivity index (χ1v) is 9.10. The molecule has 2 rings (SSSR count). The molecule has 0 aromatic carbocycles. The summed E-state index contributed by atoms with van der Waals surface area (Å²) in [6.07, 6.45) is 7.94. The normalized spacial score (nSPS) is 18.3. The SMILES string of the molecule is CCNc1nc(C2(OC)CCCCCC2)nc(CC)c1I. The number of anilines is 1. The van der Waals surface area contributed by atoms with E-state index >= 15 is 0 Å². The third-order valence-electron chi connectivity index (χ3n) is 4.31. The van der Waals surface area contributed by atoms with Gasteiger partial charge in [0.2, 0.25) is 0 Å². The largest absolute Gasteiger partial charge is 0.370 e. The van der Waals surface area contributed by atoms with Crippen LogP contribution in [0.3, 0.4) is 0 Å². The number of nitrogens with zero attached hydrogens (tertiary/aromatic N) is 2. The van der Waals surface area contributed by atoms with Crippen LogP contribution < -0.4 is 5.32 Å². The Labute approximate surface area is 141 Å². The van der Waals surface area contributed by atoms with E-state index in [2.05, 4.69) is 41.8 Å². The van der Waals surface area contributed by atoms with Crippen molar-refractivity contribution in [1.82, 2.24) is 9.97 Å². The number of methoxy groups -OCH3 is 1. The van der Waals surface area contributed by atoms with Crippen molar-refractivity contribution in [2.24, 2.45) is 0 Å². The lowest BCUT2D eigenvalue weighted by atomic mass is 9.93. The van der Waals surface area contributed by atoms with Gasteiger partial charge in [0.15, 0.2) is 5.82 Å².